The summed E-state index contributed by atoms with van der Waals surface area (Å²) in [4.78, 5) is 40.3. The van der Waals surface area contributed by atoms with Crippen molar-refractivity contribution in [3.63, 3.8) is 0 Å². The number of allylic oxidation sites excluding steroid dienone is 4. The number of morpholine rings is 1. The minimum atomic E-state index is -0.789. The summed E-state index contributed by atoms with van der Waals surface area (Å²) in [6.45, 7) is 11.9. The van der Waals surface area contributed by atoms with Crippen LogP contribution in [0.4, 0.5) is 4.79 Å². The molecule has 0 aliphatic carbocycles. The molecule has 1 aliphatic rings. The summed E-state index contributed by atoms with van der Waals surface area (Å²) in [5.41, 5.74) is 0. The topological polar surface area (TPSA) is 119 Å². The number of hydrogen-bond donors (Lipinski definition) is 0. The summed E-state index contributed by atoms with van der Waals surface area (Å²) >= 11 is 0. The maximum atomic E-state index is 13.0. The molecule has 0 aromatic heterocycles. The first-order valence-electron chi connectivity index (χ1n) is 24.9. The Morgan fingerprint density at radius 1 is 0.525 bits per heavy atom. The van der Waals surface area contributed by atoms with Gasteiger partial charge in [-0.05, 0) is 57.8 Å². The lowest BCUT2D eigenvalue weighted by Gasteiger charge is -2.26. The first-order chi connectivity index (χ1) is 30.0. The van der Waals surface area contributed by atoms with Crippen molar-refractivity contribution in [2.75, 3.05) is 72.5 Å². The molecule has 1 fully saturated rings. The molecule has 1 aliphatic heterocycles. The molecule has 1 heterocycles. The fourth-order valence-corrected chi connectivity index (χ4v) is 6.93. The van der Waals surface area contributed by atoms with Gasteiger partial charge < -0.3 is 33.2 Å². The zero-order chi connectivity index (χ0) is 44.1. The Kier molecular flexibility index (Phi) is 40.9. The molecule has 0 saturated carbocycles. The molecular weight excluding hydrogens is 775 g/mol. The highest BCUT2D eigenvalue weighted by molar-refractivity contribution is 5.69. The predicted molar refractivity (Wildman–Crippen MR) is 246 cm³/mol. The van der Waals surface area contributed by atoms with Crippen molar-refractivity contribution < 1.29 is 47.5 Å². The van der Waals surface area contributed by atoms with Crippen molar-refractivity contribution >= 4 is 18.1 Å². The van der Waals surface area contributed by atoms with E-state index in [1.807, 2.05) is 0 Å². The Hall–Kier alpha value is -2.47. The number of hydrogen-bond acceptors (Lipinski definition) is 11. The van der Waals surface area contributed by atoms with Gasteiger partial charge in [0.05, 0.1) is 32.2 Å². The molecule has 1 saturated heterocycles. The average molecular weight is 866 g/mol. The van der Waals surface area contributed by atoms with Crippen molar-refractivity contribution in [2.24, 2.45) is 5.92 Å². The Morgan fingerprint density at radius 2 is 1.02 bits per heavy atom. The molecule has 0 spiro atoms. The smallest absolute Gasteiger partial charge is 0.465 e. The molecule has 0 amide bonds. The number of esters is 2. The summed E-state index contributed by atoms with van der Waals surface area (Å²) < 4.78 is 39.5. The van der Waals surface area contributed by atoms with Gasteiger partial charge in [-0.25, -0.2) is 4.79 Å². The van der Waals surface area contributed by atoms with Crippen molar-refractivity contribution in [2.45, 2.75) is 200 Å². The Labute approximate surface area is 372 Å². The number of rotatable bonds is 43. The third kappa shape index (κ3) is 38.9. The van der Waals surface area contributed by atoms with Gasteiger partial charge >= 0.3 is 18.1 Å². The summed E-state index contributed by atoms with van der Waals surface area (Å²) in [5, 5.41) is 0. The molecule has 1 atom stereocenters. The van der Waals surface area contributed by atoms with E-state index >= 15 is 0 Å². The molecule has 0 aromatic carbocycles. The van der Waals surface area contributed by atoms with Crippen molar-refractivity contribution in [1.82, 2.24) is 4.90 Å². The van der Waals surface area contributed by atoms with Crippen LogP contribution in [0, 0.1) is 5.92 Å². The van der Waals surface area contributed by atoms with E-state index in [9.17, 15) is 14.4 Å². The average Bonchev–Trinajstić information content (AvgIpc) is 3.27. The lowest BCUT2D eigenvalue weighted by molar-refractivity contribution is -0.161. The predicted octanol–water partition coefficient (Wildman–Crippen LogP) is 12.2. The van der Waals surface area contributed by atoms with Crippen LogP contribution in [0.2, 0.25) is 0 Å². The normalized spacial score (nSPS) is 14.0. The van der Waals surface area contributed by atoms with Crippen LogP contribution in [0.3, 0.4) is 0 Å². The van der Waals surface area contributed by atoms with Gasteiger partial charge in [-0.15, -0.1) is 0 Å². The van der Waals surface area contributed by atoms with Crippen LogP contribution in [-0.2, 0) is 42.7 Å². The molecule has 0 aromatic rings. The summed E-state index contributed by atoms with van der Waals surface area (Å²) in [7, 11) is 0. The molecule has 0 bridgehead atoms. The second-order valence-electron chi connectivity index (χ2n) is 16.7. The van der Waals surface area contributed by atoms with Gasteiger partial charge in [0, 0.05) is 45.7 Å². The highest BCUT2D eigenvalue weighted by Crippen LogP contribution is 2.14. The van der Waals surface area contributed by atoms with Gasteiger partial charge in [-0.3, -0.25) is 14.5 Å². The number of unbranched alkanes of at least 4 members (excludes halogenated alkanes) is 18. The van der Waals surface area contributed by atoms with E-state index in [0.717, 1.165) is 103 Å². The van der Waals surface area contributed by atoms with Crippen LogP contribution in [0.15, 0.2) is 24.3 Å². The Bertz CT molecular complexity index is 1050. The van der Waals surface area contributed by atoms with E-state index in [1.165, 1.54) is 77.0 Å². The van der Waals surface area contributed by atoms with Gasteiger partial charge in [0.25, 0.3) is 0 Å². The van der Waals surface area contributed by atoms with Gasteiger partial charge in [0.15, 0.2) is 6.29 Å². The van der Waals surface area contributed by atoms with Gasteiger partial charge in [0.1, 0.15) is 19.8 Å². The number of carbonyl (C=O) groups is 3. The van der Waals surface area contributed by atoms with E-state index in [0.29, 0.717) is 32.5 Å². The molecule has 1 rings (SSSR count). The Morgan fingerprint density at radius 3 is 1.62 bits per heavy atom. The fraction of sp³-hybridized carbons (Fsp3) is 0.860. The Balaban J connectivity index is 2.51. The standard InChI is InChI=1S/C50H91NO10/c1-4-7-10-13-16-17-18-19-20-21-22-23-24-25-28-32-47(52)59-43-46(45-61-50(54)58-40-31-35-51-36-41-55-42-37-51)44-60-48(53)33-34-49(56-38-29-26-14-11-8-5-2)57-39-30-27-15-12-9-6-3/h16-17,19-20,46,49H,4-15,18,21-45H2,1-3H3/b17-16-,20-19-. The first kappa shape index (κ1) is 56.5. The van der Waals surface area contributed by atoms with Crippen LogP contribution >= 0.6 is 0 Å². The molecule has 1 unspecified atom stereocenters. The summed E-state index contributed by atoms with van der Waals surface area (Å²) in [6, 6.07) is 0. The van der Waals surface area contributed by atoms with Crippen LogP contribution in [0.25, 0.3) is 0 Å². The highest BCUT2D eigenvalue weighted by Gasteiger charge is 2.20. The van der Waals surface area contributed by atoms with Crippen molar-refractivity contribution in [3.8, 4) is 0 Å². The second kappa shape index (κ2) is 44.1. The highest BCUT2D eigenvalue weighted by atomic mass is 16.7. The number of carbonyl (C=O) groups excluding carboxylic acids is 3. The van der Waals surface area contributed by atoms with E-state index in [1.54, 1.807) is 0 Å². The van der Waals surface area contributed by atoms with Gasteiger partial charge in [0.2, 0.25) is 0 Å². The molecule has 0 radical (unpaired) electrons. The quantitative estimate of drug-likeness (QED) is 0.0192. The molecule has 11 heteroatoms. The van der Waals surface area contributed by atoms with E-state index < -0.39 is 24.3 Å². The third-order valence-corrected chi connectivity index (χ3v) is 10.9. The summed E-state index contributed by atoms with van der Waals surface area (Å²) in [6.07, 6.45) is 35.6. The van der Waals surface area contributed by atoms with Gasteiger partial charge in [-0.2, -0.15) is 0 Å². The zero-order valence-corrected chi connectivity index (χ0v) is 39.4. The molecule has 0 N–H and O–H groups in total. The SMILES string of the molecule is CCCCC/C=C\C/C=C\CCCCCCCC(=O)OCC(COC(=O)CCC(OCCCCCCCC)OCCCCCCCC)COC(=O)OCCCN1CCOCC1. The van der Waals surface area contributed by atoms with E-state index in [4.69, 9.17) is 33.2 Å². The first-order valence-corrected chi connectivity index (χ1v) is 24.9. The molecule has 61 heavy (non-hydrogen) atoms. The minimum Gasteiger partial charge on any atom is -0.465 e. The monoisotopic (exact) mass is 866 g/mol. The van der Waals surface area contributed by atoms with E-state index in [-0.39, 0.29) is 38.8 Å². The second-order valence-corrected chi connectivity index (χ2v) is 16.7. The molecule has 11 nitrogen and oxygen atoms in total. The maximum absolute atomic E-state index is 13.0. The molecule has 356 valence electrons. The number of ether oxygens (including phenoxy) is 7. The van der Waals surface area contributed by atoms with Crippen molar-refractivity contribution in [1.29, 1.82) is 0 Å². The third-order valence-electron chi connectivity index (χ3n) is 10.9. The fourth-order valence-electron chi connectivity index (χ4n) is 6.93. The molecular formula is C50H91NO10. The zero-order valence-electron chi connectivity index (χ0n) is 39.4. The lowest BCUT2D eigenvalue weighted by atomic mass is 10.1. The summed E-state index contributed by atoms with van der Waals surface area (Å²) in [5.74, 6) is -1.23. The largest absolute Gasteiger partial charge is 0.508 e. The van der Waals surface area contributed by atoms with E-state index in [2.05, 4.69) is 50.0 Å². The minimum absolute atomic E-state index is 0.0257. The maximum Gasteiger partial charge on any atom is 0.508 e. The number of nitrogens with zero attached hydrogens (tertiary/aromatic N) is 1. The van der Waals surface area contributed by atoms with Gasteiger partial charge in [-0.1, -0.05) is 141 Å². The van der Waals surface area contributed by atoms with Crippen molar-refractivity contribution in [3.05, 3.63) is 24.3 Å². The van der Waals surface area contributed by atoms with Crippen LogP contribution in [0.5, 0.6) is 0 Å². The van der Waals surface area contributed by atoms with Crippen LogP contribution in [-0.4, -0.2) is 102 Å². The van der Waals surface area contributed by atoms with Crippen LogP contribution in [0.1, 0.15) is 194 Å². The lowest BCUT2D eigenvalue weighted by Crippen LogP contribution is -2.37. The van der Waals surface area contributed by atoms with Crippen LogP contribution < -0.4 is 0 Å².